The Morgan fingerprint density at radius 1 is 1.33 bits per heavy atom. The monoisotopic (exact) mass is 299 g/mol. The minimum absolute atomic E-state index is 0.355. The van der Waals surface area contributed by atoms with Crippen LogP contribution in [0.1, 0.15) is 31.4 Å². The molecular weight excluding hydrogens is 279 g/mol. The average molecular weight is 299 g/mol. The number of rotatable bonds is 6. The standard InChI is InChI=1S/C15H20F3N3/c1-11(2)21(3)8-4-7-20-13-5-6-14(15(16,17)18)12(9-13)10-19/h5-6,9,11,20H,4,7-8H2,1-3H3. The van der Waals surface area contributed by atoms with Gasteiger partial charge < -0.3 is 10.2 Å². The molecule has 1 rings (SSSR count). The summed E-state index contributed by atoms with van der Waals surface area (Å²) in [5.74, 6) is 0. The Morgan fingerprint density at radius 2 is 2.00 bits per heavy atom. The second-order valence-corrected chi connectivity index (χ2v) is 5.22. The van der Waals surface area contributed by atoms with Gasteiger partial charge in [-0.05, 0) is 52.1 Å². The Balaban J connectivity index is 2.60. The Kier molecular flexibility index (Phi) is 6.03. The molecule has 0 atom stereocenters. The van der Waals surface area contributed by atoms with E-state index < -0.39 is 11.7 Å². The minimum atomic E-state index is -4.50. The van der Waals surface area contributed by atoms with E-state index in [1.54, 1.807) is 6.07 Å². The van der Waals surface area contributed by atoms with Crippen LogP contribution in [0.5, 0.6) is 0 Å². The first-order valence-electron chi connectivity index (χ1n) is 6.81. The van der Waals surface area contributed by atoms with Crippen LogP contribution >= 0.6 is 0 Å². The summed E-state index contributed by atoms with van der Waals surface area (Å²) in [6, 6.07) is 5.60. The summed E-state index contributed by atoms with van der Waals surface area (Å²) in [5.41, 5.74) is -0.714. The topological polar surface area (TPSA) is 39.1 Å². The first-order chi connectivity index (χ1) is 9.75. The van der Waals surface area contributed by atoms with Crippen molar-refractivity contribution in [2.75, 3.05) is 25.5 Å². The quantitative estimate of drug-likeness (QED) is 0.814. The van der Waals surface area contributed by atoms with Gasteiger partial charge in [0, 0.05) is 18.3 Å². The van der Waals surface area contributed by atoms with Crippen molar-refractivity contribution < 1.29 is 13.2 Å². The van der Waals surface area contributed by atoms with Gasteiger partial charge in [0.15, 0.2) is 0 Å². The number of nitrogens with zero attached hydrogens (tertiary/aromatic N) is 2. The van der Waals surface area contributed by atoms with Gasteiger partial charge in [-0.3, -0.25) is 0 Å². The summed E-state index contributed by atoms with van der Waals surface area (Å²) in [6.45, 7) is 5.74. The summed E-state index contributed by atoms with van der Waals surface area (Å²) in [7, 11) is 2.02. The van der Waals surface area contributed by atoms with Crippen LogP contribution in [0.25, 0.3) is 0 Å². The van der Waals surface area contributed by atoms with Crippen molar-refractivity contribution in [3.63, 3.8) is 0 Å². The van der Waals surface area contributed by atoms with Crippen molar-refractivity contribution in [3.8, 4) is 6.07 Å². The van der Waals surface area contributed by atoms with E-state index in [4.69, 9.17) is 5.26 Å². The van der Waals surface area contributed by atoms with Crippen LogP contribution in [0, 0.1) is 11.3 Å². The number of anilines is 1. The van der Waals surface area contributed by atoms with E-state index >= 15 is 0 Å². The summed E-state index contributed by atoms with van der Waals surface area (Å²) >= 11 is 0. The Morgan fingerprint density at radius 3 is 2.52 bits per heavy atom. The average Bonchev–Trinajstić information content (AvgIpc) is 2.41. The summed E-state index contributed by atoms with van der Waals surface area (Å²) in [6.07, 6.45) is -3.62. The molecule has 116 valence electrons. The van der Waals surface area contributed by atoms with Crippen molar-refractivity contribution >= 4 is 5.69 Å². The number of hydrogen-bond acceptors (Lipinski definition) is 3. The predicted molar refractivity (Wildman–Crippen MR) is 77.0 cm³/mol. The SMILES string of the molecule is CC(C)N(C)CCCNc1ccc(C(F)(F)F)c(C#N)c1. The molecule has 0 fully saturated rings. The van der Waals surface area contributed by atoms with E-state index in [-0.39, 0.29) is 5.56 Å². The molecular formula is C15H20F3N3. The fourth-order valence-electron chi connectivity index (χ4n) is 1.81. The molecule has 1 aromatic rings. The molecule has 0 unspecified atom stereocenters. The van der Waals surface area contributed by atoms with Crippen LogP contribution in [0.3, 0.4) is 0 Å². The van der Waals surface area contributed by atoms with E-state index in [1.165, 1.54) is 12.1 Å². The largest absolute Gasteiger partial charge is 0.417 e. The molecule has 0 bridgehead atoms. The van der Waals surface area contributed by atoms with Gasteiger partial charge in [0.25, 0.3) is 0 Å². The zero-order valence-corrected chi connectivity index (χ0v) is 12.5. The number of nitriles is 1. The van der Waals surface area contributed by atoms with Gasteiger partial charge in [-0.25, -0.2) is 0 Å². The van der Waals surface area contributed by atoms with Crippen molar-refractivity contribution in [3.05, 3.63) is 29.3 Å². The zero-order chi connectivity index (χ0) is 16.0. The van der Waals surface area contributed by atoms with E-state index in [2.05, 4.69) is 24.1 Å². The number of halogens is 3. The lowest BCUT2D eigenvalue weighted by Gasteiger charge is -2.21. The molecule has 0 aromatic heterocycles. The fraction of sp³-hybridized carbons (Fsp3) is 0.533. The Hall–Kier alpha value is -1.74. The van der Waals surface area contributed by atoms with Crippen LogP contribution in [-0.4, -0.2) is 31.1 Å². The Labute approximate surface area is 123 Å². The van der Waals surface area contributed by atoms with Gasteiger partial charge in [0.2, 0.25) is 0 Å². The lowest BCUT2D eigenvalue weighted by atomic mass is 10.1. The third kappa shape index (κ3) is 5.27. The highest BCUT2D eigenvalue weighted by Gasteiger charge is 2.33. The highest BCUT2D eigenvalue weighted by Crippen LogP contribution is 2.32. The van der Waals surface area contributed by atoms with Crippen LogP contribution in [-0.2, 0) is 6.18 Å². The minimum Gasteiger partial charge on any atom is -0.385 e. The van der Waals surface area contributed by atoms with E-state index in [0.29, 0.717) is 18.3 Å². The van der Waals surface area contributed by atoms with Gasteiger partial charge in [-0.1, -0.05) is 0 Å². The first kappa shape index (κ1) is 17.3. The van der Waals surface area contributed by atoms with E-state index in [1.807, 2.05) is 7.05 Å². The van der Waals surface area contributed by atoms with Gasteiger partial charge in [0.05, 0.1) is 17.2 Å². The molecule has 0 saturated heterocycles. The molecule has 0 spiro atoms. The molecule has 1 aromatic carbocycles. The molecule has 1 N–H and O–H groups in total. The molecule has 0 aliphatic heterocycles. The van der Waals surface area contributed by atoms with E-state index in [9.17, 15) is 13.2 Å². The third-order valence-corrected chi connectivity index (χ3v) is 3.34. The molecule has 6 heteroatoms. The van der Waals surface area contributed by atoms with Gasteiger partial charge >= 0.3 is 6.18 Å². The van der Waals surface area contributed by atoms with Crippen LogP contribution in [0.2, 0.25) is 0 Å². The van der Waals surface area contributed by atoms with Crippen LogP contribution in [0.4, 0.5) is 18.9 Å². The highest BCUT2D eigenvalue weighted by atomic mass is 19.4. The third-order valence-electron chi connectivity index (χ3n) is 3.34. The summed E-state index contributed by atoms with van der Waals surface area (Å²) in [4.78, 5) is 2.19. The molecule has 0 heterocycles. The molecule has 3 nitrogen and oxygen atoms in total. The summed E-state index contributed by atoms with van der Waals surface area (Å²) in [5, 5.41) is 11.9. The zero-order valence-electron chi connectivity index (χ0n) is 12.5. The second kappa shape index (κ2) is 7.32. The molecule has 0 saturated carbocycles. The lowest BCUT2D eigenvalue weighted by molar-refractivity contribution is -0.137. The number of benzene rings is 1. The normalized spacial score (nSPS) is 11.8. The predicted octanol–water partition coefficient (Wildman–Crippen LogP) is 3.72. The smallest absolute Gasteiger partial charge is 0.385 e. The maximum atomic E-state index is 12.7. The van der Waals surface area contributed by atoms with Crippen LogP contribution < -0.4 is 5.32 Å². The molecule has 21 heavy (non-hydrogen) atoms. The second-order valence-electron chi connectivity index (χ2n) is 5.22. The number of alkyl halides is 3. The lowest BCUT2D eigenvalue weighted by Crippen LogP contribution is -2.28. The van der Waals surface area contributed by atoms with Crippen molar-refractivity contribution in [2.24, 2.45) is 0 Å². The molecule has 0 aliphatic carbocycles. The maximum Gasteiger partial charge on any atom is 0.417 e. The molecule has 0 aliphatic rings. The fourth-order valence-corrected chi connectivity index (χ4v) is 1.81. The van der Waals surface area contributed by atoms with Crippen LogP contribution in [0.15, 0.2) is 18.2 Å². The van der Waals surface area contributed by atoms with E-state index in [0.717, 1.165) is 19.0 Å². The maximum absolute atomic E-state index is 12.7. The van der Waals surface area contributed by atoms with Crippen molar-refractivity contribution in [1.82, 2.24) is 4.90 Å². The molecule has 0 radical (unpaired) electrons. The van der Waals surface area contributed by atoms with Gasteiger partial charge in [0.1, 0.15) is 0 Å². The van der Waals surface area contributed by atoms with Crippen molar-refractivity contribution in [2.45, 2.75) is 32.5 Å². The van der Waals surface area contributed by atoms with Gasteiger partial charge in [-0.2, -0.15) is 18.4 Å². The number of hydrogen-bond donors (Lipinski definition) is 1. The highest BCUT2D eigenvalue weighted by molar-refractivity contribution is 5.53. The van der Waals surface area contributed by atoms with Crippen molar-refractivity contribution in [1.29, 1.82) is 5.26 Å². The number of nitrogens with one attached hydrogen (secondary N) is 1. The first-order valence-corrected chi connectivity index (χ1v) is 6.81. The van der Waals surface area contributed by atoms with Gasteiger partial charge in [-0.15, -0.1) is 0 Å². The Bertz CT molecular complexity index is 504. The summed E-state index contributed by atoms with van der Waals surface area (Å²) < 4.78 is 38.0. The molecule has 0 amide bonds.